The van der Waals surface area contributed by atoms with Gasteiger partial charge >= 0.3 is 0 Å². The summed E-state index contributed by atoms with van der Waals surface area (Å²) in [5.74, 6) is -0.634. The molecule has 0 aliphatic heterocycles. The minimum absolute atomic E-state index is 0.0883. The van der Waals surface area contributed by atoms with Crippen molar-refractivity contribution in [2.24, 2.45) is 4.99 Å². The molecule has 0 saturated carbocycles. The lowest BCUT2D eigenvalue weighted by atomic mass is 10.3. The van der Waals surface area contributed by atoms with Crippen LogP contribution in [-0.4, -0.2) is 18.3 Å². The van der Waals surface area contributed by atoms with Gasteiger partial charge in [-0.05, 0) is 24.3 Å². The fourth-order valence-corrected chi connectivity index (χ4v) is 3.04. The van der Waals surface area contributed by atoms with Gasteiger partial charge in [-0.15, -0.1) is 11.3 Å². The zero-order valence-electron chi connectivity index (χ0n) is 12.3. The lowest BCUT2D eigenvalue weighted by molar-refractivity contribution is 0.187. The Morgan fingerprint density at radius 1 is 1.30 bits per heavy atom. The van der Waals surface area contributed by atoms with Gasteiger partial charge in [0.25, 0.3) is 0 Å². The number of nitrogens with zero attached hydrogens (tertiary/aromatic N) is 2. The van der Waals surface area contributed by atoms with Gasteiger partial charge in [-0.1, -0.05) is 0 Å². The number of benzene rings is 1. The minimum atomic E-state index is -0.698. The van der Waals surface area contributed by atoms with Gasteiger partial charge in [0.1, 0.15) is 11.5 Å². The number of thiazole rings is 1. The highest BCUT2D eigenvalue weighted by Crippen LogP contribution is 2.22. The summed E-state index contributed by atoms with van der Waals surface area (Å²) in [5.41, 5.74) is 0.920. The number of ether oxygens (including phenoxy) is 1. The number of hydrogen-bond donors (Lipinski definition) is 0. The van der Waals surface area contributed by atoms with Crippen molar-refractivity contribution >= 4 is 17.0 Å². The molecule has 0 aliphatic carbocycles. The van der Waals surface area contributed by atoms with Gasteiger partial charge in [0.2, 0.25) is 0 Å². The lowest BCUT2D eigenvalue weighted by Gasteiger charge is -2.06. The first-order valence-electron chi connectivity index (χ1n) is 6.90. The van der Waals surface area contributed by atoms with Gasteiger partial charge < -0.3 is 13.7 Å². The van der Waals surface area contributed by atoms with E-state index in [2.05, 4.69) is 4.99 Å². The largest absolute Gasteiger partial charge is 0.463 e. The molecule has 7 heteroatoms. The van der Waals surface area contributed by atoms with Gasteiger partial charge in [0, 0.05) is 25.1 Å². The van der Waals surface area contributed by atoms with Crippen LogP contribution in [0.2, 0.25) is 0 Å². The van der Waals surface area contributed by atoms with Crippen LogP contribution in [-0.2, 0) is 11.3 Å². The van der Waals surface area contributed by atoms with Crippen molar-refractivity contribution in [3.8, 4) is 11.5 Å². The molecule has 120 valence electrons. The third-order valence-corrected chi connectivity index (χ3v) is 4.08. The van der Waals surface area contributed by atoms with Crippen molar-refractivity contribution in [1.82, 2.24) is 4.57 Å². The zero-order valence-corrected chi connectivity index (χ0v) is 13.1. The van der Waals surface area contributed by atoms with Crippen molar-refractivity contribution in [2.45, 2.75) is 6.54 Å². The Bertz CT molecular complexity index is 853. The summed E-state index contributed by atoms with van der Waals surface area (Å²) in [5, 5.41) is 1.88. The van der Waals surface area contributed by atoms with E-state index < -0.39 is 11.6 Å². The Balaban J connectivity index is 2.09. The maximum absolute atomic E-state index is 13.8. The molecule has 0 fully saturated rings. The molecule has 2 aromatic heterocycles. The molecule has 3 aromatic rings. The van der Waals surface area contributed by atoms with Gasteiger partial charge in [0.05, 0.1) is 18.6 Å². The molecule has 0 radical (unpaired) electrons. The molecule has 23 heavy (non-hydrogen) atoms. The van der Waals surface area contributed by atoms with E-state index in [0.717, 1.165) is 11.8 Å². The van der Waals surface area contributed by atoms with E-state index in [0.29, 0.717) is 23.7 Å². The third-order valence-electron chi connectivity index (χ3n) is 3.22. The highest BCUT2D eigenvalue weighted by atomic mass is 32.1. The second kappa shape index (κ2) is 6.89. The second-order valence-corrected chi connectivity index (χ2v) is 5.57. The Morgan fingerprint density at radius 2 is 2.17 bits per heavy atom. The average Bonchev–Trinajstić information content (AvgIpc) is 3.17. The van der Waals surface area contributed by atoms with Crippen LogP contribution in [0.25, 0.3) is 11.5 Å². The molecule has 0 N–H and O–H groups in total. The molecule has 0 atom stereocenters. The fourth-order valence-electron chi connectivity index (χ4n) is 2.11. The highest BCUT2D eigenvalue weighted by molar-refractivity contribution is 7.07. The molecular weight excluding hydrogens is 322 g/mol. The van der Waals surface area contributed by atoms with Crippen LogP contribution in [0.4, 0.5) is 14.5 Å². The minimum Gasteiger partial charge on any atom is -0.463 e. The first-order valence-corrected chi connectivity index (χ1v) is 7.78. The molecule has 0 amide bonds. The Hall–Kier alpha value is -2.25. The summed E-state index contributed by atoms with van der Waals surface area (Å²) < 4.78 is 39.3. The zero-order chi connectivity index (χ0) is 16.2. The topological polar surface area (TPSA) is 39.7 Å². The molecular formula is C16H14F2N2O2S. The quantitative estimate of drug-likeness (QED) is 0.707. The molecule has 0 aliphatic rings. The number of aromatic nitrogens is 1. The first kappa shape index (κ1) is 15.6. The van der Waals surface area contributed by atoms with Crippen molar-refractivity contribution in [3.05, 3.63) is 58.4 Å². The van der Waals surface area contributed by atoms with E-state index in [4.69, 9.17) is 9.15 Å². The van der Waals surface area contributed by atoms with E-state index in [9.17, 15) is 8.78 Å². The van der Waals surface area contributed by atoms with Crippen LogP contribution in [0, 0.1) is 11.6 Å². The SMILES string of the molecule is COCCn1c(-c2ccco2)csc1=Nc1ccc(F)cc1F. The Labute approximate surface area is 135 Å². The summed E-state index contributed by atoms with van der Waals surface area (Å²) in [6.45, 7) is 1.02. The molecule has 4 nitrogen and oxygen atoms in total. The van der Waals surface area contributed by atoms with Crippen LogP contribution in [0.3, 0.4) is 0 Å². The van der Waals surface area contributed by atoms with Crippen LogP contribution in [0.1, 0.15) is 0 Å². The molecule has 0 bridgehead atoms. The summed E-state index contributed by atoms with van der Waals surface area (Å²) in [6.07, 6.45) is 1.59. The predicted molar refractivity (Wildman–Crippen MR) is 83.5 cm³/mol. The maximum atomic E-state index is 13.8. The maximum Gasteiger partial charge on any atom is 0.190 e. The second-order valence-electron chi connectivity index (χ2n) is 4.73. The standard InChI is InChI=1S/C16H14F2N2O2S/c1-21-8-6-20-14(15-3-2-7-22-15)10-23-16(20)19-13-5-4-11(17)9-12(13)18/h2-5,7,9-10H,6,8H2,1H3. The first-order chi connectivity index (χ1) is 11.2. The van der Waals surface area contributed by atoms with Crippen molar-refractivity contribution < 1.29 is 17.9 Å². The Morgan fingerprint density at radius 3 is 2.87 bits per heavy atom. The van der Waals surface area contributed by atoms with Crippen LogP contribution >= 0.6 is 11.3 Å². The smallest absolute Gasteiger partial charge is 0.190 e. The summed E-state index contributed by atoms with van der Waals surface area (Å²) in [6, 6.07) is 6.96. The van der Waals surface area contributed by atoms with Gasteiger partial charge in [0.15, 0.2) is 16.4 Å². The van der Waals surface area contributed by atoms with E-state index in [1.54, 1.807) is 19.4 Å². The lowest BCUT2D eigenvalue weighted by Crippen LogP contribution is -2.18. The summed E-state index contributed by atoms with van der Waals surface area (Å²) in [7, 11) is 1.61. The molecule has 0 saturated heterocycles. The molecule has 0 spiro atoms. The van der Waals surface area contributed by atoms with Gasteiger partial charge in [-0.2, -0.15) is 0 Å². The van der Waals surface area contributed by atoms with Gasteiger partial charge in [-0.25, -0.2) is 13.8 Å². The van der Waals surface area contributed by atoms with E-state index in [-0.39, 0.29) is 5.69 Å². The molecule has 1 aromatic carbocycles. The Kier molecular flexibility index (Phi) is 4.68. The predicted octanol–water partition coefficient (Wildman–Crippen LogP) is 3.97. The highest BCUT2D eigenvalue weighted by Gasteiger charge is 2.11. The molecule has 0 unspecified atom stereocenters. The van der Waals surface area contributed by atoms with E-state index in [1.807, 2.05) is 16.0 Å². The van der Waals surface area contributed by atoms with Crippen molar-refractivity contribution in [1.29, 1.82) is 0 Å². The molecule has 2 heterocycles. The average molecular weight is 336 g/mol. The van der Waals surface area contributed by atoms with Crippen LogP contribution in [0.15, 0.2) is 51.4 Å². The fraction of sp³-hybridized carbons (Fsp3) is 0.188. The normalized spacial score (nSPS) is 12.0. The number of methoxy groups -OCH3 is 1. The van der Waals surface area contributed by atoms with Gasteiger partial charge in [-0.3, -0.25) is 0 Å². The number of rotatable bonds is 5. The van der Waals surface area contributed by atoms with E-state index in [1.165, 1.54) is 23.5 Å². The van der Waals surface area contributed by atoms with Crippen LogP contribution < -0.4 is 4.80 Å². The monoisotopic (exact) mass is 336 g/mol. The number of furan rings is 1. The summed E-state index contributed by atoms with van der Waals surface area (Å²) in [4.78, 5) is 4.89. The number of halogens is 2. The number of hydrogen-bond acceptors (Lipinski definition) is 4. The molecule has 3 rings (SSSR count). The summed E-state index contributed by atoms with van der Waals surface area (Å²) >= 11 is 1.35. The third kappa shape index (κ3) is 3.40. The van der Waals surface area contributed by atoms with E-state index >= 15 is 0 Å². The van der Waals surface area contributed by atoms with Crippen LogP contribution in [0.5, 0.6) is 0 Å². The van der Waals surface area contributed by atoms with Crippen molar-refractivity contribution in [3.63, 3.8) is 0 Å². The van der Waals surface area contributed by atoms with Crippen molar-refractivity contribution in [2.75, 3.05) is 13.7 Å².